The van der Waals surface area contributed by atoms with Crippen molar-refractivity contribution in [1.29, 1.82) is 0 Å². The predicted molar refractivity (Wildman–Crippen MR) is 68.9 cm³/mol. The Balaban J connectivity index is 2.12. The molecular weight excluding hydrogens is 244 g/mol. The van der Waals surface area contributed by atoms with Crippen LogP contribution in [-0.2, 0) is 9.53 Å². The Morgan fingerprint density at radius 1 is 1.11 bits per heavy atom. The average Bonchev–Trinajstić information content (AvgIpc) is 2.46. The van der Waals surface area contributed by atoms with Crippen LogP contribution in [0.1, 0.15) is 28.8 Å². The predicted octanol–water partition coefficient (Wildman–Crippen LogP) is 2.15. The van der Waals surface area contributed by atoms with E-state index in [0.717, 1.165) is 12.8 Å². The Bertz CT molecular complexity index is 580. The normalized spacial score (nSPS) is 23.5. The van der Waals surface area contributed by atoms with E-state index in [4.69, 9.17) is 4.74 Å². The maximum absolute atomic E-state index is 12.2. The molecule has 1 aliphatic carbocycles. The molecule has 1 aromatic rings. The summed E-state index contributed by atoms with van der Waals surface area (Å²) in [7, 11) is 0. The van der Waals surface area contributed by atoms with Gasteiger partial charge in [-0.15, -0.1) is 0 Å². The van der Waals surface area contributed by atoms with Crippen molar-refractivity contribution in [2.24, 2.45) is 5.92 Å². The third-order valence-electron chi connectivity index (χ3n) is 3.70. The highest BCUT2D eigenvalue weighted by molar-refractivity contribution is 6.52. The Morgan fingerprint density at radius 3 is 2.53 bits per heavy atom. The van der Waals surface area contributed by atoms with Crippen LogP contribution in [0.4, 0.5) is 0 Å². The molecular formula is C15H14O4. The van der Waals surface area contributed by atoms with Gasteiger partial charge in [0, 0.05) is 23.7 Å². The van der Waals surface area contributed by atoms with Crippen molar-refractivity contribution in [3.05, 3.63) is 41.0 Å². The SMILES string of the molecule is O=C1C(=O)c2ccccc2C(O)=C1[C@H]1CCCOC1. The molecule has 3 rings (SSSR count). The van der Waals surface area contributed by atoms with Crippen LogP contribution in [0, 0.1) is 5.92 Å². The molecule has 2 aliphatic rings. The number of benzene rings is 1. The summed E-state index contributed by atoms with van der Waals surface area (Å²) in [6, 6.07) is 6.66. The van der Waals surface area contributed by atoms with Crippen LogP contribution < -0.4 is 0 Å². The lowest BCUT2D eigenvalue weighted by Gasteiger charge is -2.27. The summed E-state index contributed by atoms with van der Waals surface area (Å²) in [6.07, 6.45) is 1.60. The lowest BCUT2D eigenvalue weighted by atomic mass is 9.80. The zero-order chi connectivity index (χ0) is 13.4. The van der Waals surface area contributed by atoms with Crippen molar-refractivity contribution in [1.82, 2.24) is 0 Å². The standard InChI is InChI=1S/C15H14O4/c16-13-10-5-1-2-6-11(10)14(17)15(18)12(13)9-4-3-7-19-8-9/h1-2,5-6,9,16H,3-4,7-8H2/t9-/m0/s1. The smallest absolute Gasteiger partial charge is 0.234 e. The van der Waals surface area contributed by atoms with Crippen molar-refractivity contribution in [2.75, 3.05) is 13.2 Å². The van der Waals surface area contributed by atoms with Crippen molar-refractivity contribution in [3.63, 3.8) is 0 Å². The van der Waals surface area contributed by atoms with E-state index in [2.05, 4.69) is 0 Å². The van der Waals surface area contributed by atoms with Gasteiger partial charge in [-0.2, -0.15) is 0 Å². The first-order valence-electron chi connectivity index (χ1n) is 6.39. The van der Waals surface area contributed by atoms with Crippen molar-refractivity contribution < 1.29 is 19.4 Å². The Kier molecular flexibility index (Phi) is 2.95. The number of hydrogen-bond donors (Lipinski definition) is 1. The monoisotopic (exact) mass is 258 g/mol. The summed E-state index contributed by atoms with van der Waals surface area (Å²) in [5, 5.41) is 10.3. The van der Waals surface area contributed by atoms with Crippen molar-refractivity contribution in [2.45, 2.75) is 12.8 Å². The number of hydrogen-bond acceptors (Lipinski definition) is 4. The molecule has 1 N–H and O–H groups in total. The maximum atomic E-state index is 12.2. The molecule has 0 unspecified atom stereocenters. The summed E-state index contributed by atoms with van der Waals surface area (Å²) in [6.45, 7) is 1.06. The first-order chi connectivity index (χ1) is 9.20. The lowest BCUT2D eigenvalue weighted by molar-refractivity contribution is -0.113. The summed E-state index contributed by atoms with van der Waals surface area (Å²) in [4.78, 5) is 24.3. The average molecular weight is 258 g/mol. The van der Waals surface area contributed by atoms with Crippen molar-refractivity contribution >= 4 is 17.3 Å². The van der Waals surface area contributed by atoms with E-state index < -0.39 is 11.6 Å². The zero-order valence-corrected chi connectivity index (χ0v) is 10.4. The third-order valence-corrected chi connectivity index (χ3v) is 3.70. The Hall–Kier alpha value is -1.94. The molecule has 1 atom stereocenters. The Morgan fingerprint density at radius 2 is 1.84 bits per heavy atom. The van der Waals surface area contributed by atoms with E-state index in [-0.39, 0.29) is 22.8 Å². The van der Waals surface area contributed by atoms with Crippen LogP contribution in [0.5, 0.6) is 0 Å². The highest BCUT2D eigenvalue weighted by atomic mass is 16.5. The van der Waals surface area contributed by atoms with Crippen LogP contribution in [0.3, 0.4) is 0 Å². The van der Waals surface area contributed by atoms with Gasteiger partial charge in [0.1, 0.15) is 5.76 Å². The number of carbonyl (C=O) groups excluding carboxylic acids is 2. The number of ether oxygens (including phenoxy) is 1. The zero-order valence-electron chi connectivity index (χ0n) is 10.4. The topological polar surface area (TPSA) is 63.6 Å². The minimum absolute atomic E-state index is 0.0595. The molecule has 4 nitrogen and oxygen atoms in total. The molecule has 1 fully saturated rings. The molecule has 0 radical (unpaired) electrons. The molecule has 1 aromatic carbocycles. The molecule has 1 aliphatic heterocycles. The van der Waals surface area contributed by atoms with Gasteiger partial charge in [-0.05, 0) is 12.8 Å². The van der Waals surface area contributed by atoms with Gasteiger partial charge in [-0.1, -0.05) is 24.3 Å². The largest absolute Gasteiger partial charge is 0.507 e. The van der Waals surface area contributed by atoms with E-state index in [9.17, 15) is 14.7 Å². The molecule has 0 saturated carbocycles. The number of rotatable bonds is 1. The van der Waals surface area contributed by atoms with Gasteiger partial charge in [-0.3, -0.25) is 9.59 Å². The molecule has 98 valence electrons. The molecule has 0 amide bonds. The summed E-state index contributed by atoms with van der Waals surface area (Å²) in [5.41, 5.74) is 0.960. The van der Waals surface area contributed by atoms with Crippen LogP contribution >= 0.6 is 0 Å². The molecule has 0 aromatic heterocycles. The second-order valence-electron chi connectivity index (χ2n) is 4.88. The van der Waals surface area contributed by atoms with Crippen molar-refractivity contribution in [3.8, 4) is 0 Å². The van der Waals surface area contributed by atoms with Gasteiger partial charge in [0.05, 0.1) is 12.2 Å². The molecule has 0 spiro atoms. The highest BCUT2D eigenvalue weighted by Gasteiger charge is 2.37. The van der Waals surface area contributed by atoms with Gasteiger partial charge < -0.3 is 9.84 Å². The van der Waals surface area contributed by atoms with E-state index >= 15 is 0 Å². The first kappa shape index (κ1) is 12.1. The number of carbonyl (C=O) groups is 2. The van der Waals surface area contributed by atoms with Gasteiger partial charge in [0.2, 0.25) is 11.6 Å². The second kappa shape index (κ2) is 4.63. The number of aliphatic hydroxyl groups excluding tert-OH is 1. The van der Waals surface area contributed by atoms with E-state index in [1.807, 2.05) is 0 Å². The molecule has 19 heavy (non-hydrogen) atoms. The minimum Gasteiger partial charge on any atom is -0.507 e. The summed E-state index contributed by atoms with van der Waals surface area (Å²) in [5.74, 6) is -1.37. The number of aliphatic hydroxyl groups is 1. The van der Waals surface area contributed by atoms with E-state index in [1.54, 1.807) is 24.3 Å². The summed E-state index contributed by atoms with van der Waals surface area (Å²) < 4.78 is 5.35. The fraction of sp³-hybridized carbons (Fsp3) is 0.333. The highest BCUT2D eigenvalue weighted by Crippen LogP contribution is 2.34. The number of Topliss-reactive ketones (excluding diaryl/α,β-unsaturated/α-hetero) is 2. The van der Waals surface area contributed by atoms with Crippen LogP contribution in [0.25, 0.3) is 5.76 Å². The summed E-state index contributed by atoms with van der Waals surface area (Å²) >= 11 is 0. The second-order valence-corrected chi connectivity index (χ2v) is 4.88. The number of fused-ring (bicyclic) bond motifs is 1. The Labute approximate surface area is 110 Å². The van der Waals surface area contributed by atoms with E-state index in [1.165, 1.54) is 0 Å². The van der Waals surface area contributed by atoms with Gasteiger partial charge >= 0.3 is 0 Å². The molecule has 1 heterocycles. The lowest BCUT2D eigenvalue weighted by Crippen LogP contribution is -2.31. The minimum atomic E-state index is -0.591. The fourth-order valence-corrected chi connectivity index (χ4v) is 2.73. The van der Waals surface area contributed by atoms with Gasteiger partial charge in [0.15, 0.2) is 0 Å². The first-order valence-corrected chi connectivity index (χ1v) is 6.39. The molecule has 0 bridgehead atoms. The molecule has 1 saturated heterocycles. The quantitative estimate of drug-likeness (QED) is 0.784. The number of ketones is 2. The maximum Gasteiger partial charge on any atom is 0.234 e. The van der Waals surface area contributed by atoms with E-state index in [0.29, 0.717) is 18.8 Å². The van der Waals surface area contributed by atoms with Crippen LogP contribution in [0.2, 0.25) is 0 Å². The third kappa shape index (κ3) is 1.88. The van der Waals surface area contributed by atoms with Crippen LogP contribution in [-0.4, -0.2) is 29.9 Å². The van der Waals surface area contributed by atoms with Gasteiger partial charge in [0.25, 0.3) is 0 Å². The van der Waals surface area contributed by atoms with Crippen LogP contribution in [0.15, 0.2) is 29.8 Å². The molecule has 4 heteroatoms. The van der Waals surface area contributed by atoms with Gasteiger partial charge in [-0.25, -0.2) is 0 Å². The fourth-order valence-electron chi connectivity index (χ4n) is 2.73.